The zero-order valence-electron chi connectivity index (χ0n) is 12.3. The SMILES string of the molecule is C[C@H]1Oc2ccc(C(N)CC(F)(F)C(F)(F)CN)cc2NC1=O. The number of amides is 1. The van der Waals surface area contributed by atoms with Crippen LogP contribution in [-0.2, 0) is 4.79 Å². The summed E-state index contributed by atoms with van der Waals surface area (Å²) in [6.07, 6.45) is -1.96. The fourth-order valence-corrected chi connectivity index (χ4v) is 2.15. The number of anilines is 1. The highest BCUT2D eigenvalue weighted by atomic mass is 19.3. The Hall–Kier alpha value is -1.87. The molecule has 0 saturated heterocycles. The van der Waals surface area contributed by atoms with Crippen LogP contribution >= 0.6 is 0 Å². The molecule has 5 nitrogen and oxygen atoms in total. The number of fused-ring (bicyclic) bond motifs is 1. The normalized spacial score (nSPS) is 19.6. The van der Waals surface area contributed by atoms with E-state index in [9.17, 15) is 22.4 Å². The molecule has 1 unspecified atom stereocenters. The van der Waals surface area contributed by atoms with Gasteiger partial charge in [-0.1, -0.05) is 6.07 Å². The molecule has 1 aromatic carbocycles. The maximum Gasteiger partial charge on any atom is 0.322 e. The minimum Gasteiger partial charge on any atom is -0.479 e. The second-order valence-electron chi connectivity index (χ2n) is 5.43. The molecule has 2 atom stereocenters. The molecule has 0 aromatic heterocycles. The number of benzene rings is 1. The van der Waals surface area contributed by atoms with Crippen LogP contribution in [0.25, 0.3) is 0 Å². The van der Waals surface area contributed by atoms with Crippen LogP contribution in [0.3, 0.4) is 0 Å². The highest BCUT2D eigenvalue weighted by molar-refractivity contribution is 5.97. The van der Waals surface area contributed by atoms with Gasteiger partial charge in [-0.25, -0.2) is 0 Å². The molecule has 1 aliphatic rings. The number of halogens is 4. The molecule has 0 aliphatic carbocycles. The second kappa shape index (κ2) is 5.97. The Bertz CT molecular complexity index is 610. The molecule has 0 bridgehead atoms. The Labute approximate surface area is 130 Å². The molecule has 0 spiro atoms. The van der Waals surface area contributed by atoms with Crippen molar-refractivity contribution < 1.29 is 27.1 Å². The van der Waals surface area contributed by atoms with Gasteiger partial charge in [0.1, 0.15) is 5.75 Å². The molecule has 0 saturated carbocycles. The molecular formula is C14H17F4N3O2. The summed E-state index contributed by atoms with van der Waals surface area (Å²) in [5, 5.41) is 2.53. The predicted octanol–water partition coefficient (Wildman–Crippen LogP) is 2.03. The summed E-state index contributed by atoms with van der Waals surface area (Å²) in [5.74, 6) is -8.73. The Morgan fingerprint density at radius 2 is 1.96 bits per heavy atom. The van der Waals surface area contributed by atoms with E-state index < -0.39 is 42.9 Å². The third-order valence-electron chi connectivity index (χ3n) is 3.63. The number of hydrogen-bond donors (Lipinski definition) is 3. The first kappa shape index (κ1) is 17.5. The van der Waals surface area contributed by atoms with Crippen LogP contribution in [-0.4, -0.2) is 30.4 Å². The summed E-state index contributed by atoms with van der Waals surface area (Å²) in [5.41, 5.74) is 10.7. The number of ether oxygens (including phenoxy) is 1. The van der Waals surface area contributed by atoms with Gasteiger partial charge in [0.2, 0.25) is 0 Å². The van der Waals surface area contributed by atoms with Crippen LogP contribution in [0.2, 0.25) is 0 Å². The lowest BCUT2D eigenvalue weighted by Gasteiger charge is -2.28. The van der Waals surface area contributed by atoms with E-state index in [2.05, 4.69) is 5.32 Å². The van der Waals surface area contributed by atoms with E-state index in [1.54, 1.807) is 6.92 Å². The minimum absolute atomic E-state index is 0.176. The van der Waals surface area contributed by atoms with Crippen molar-refractivity contribution in [3.63, 3.8) is 0 Å². The van der Waals surface area contributed by atoms with Gasteiger partial charge in [-0.3, -0.25) is 4.79 Å². The van der Waals surface area contributed by atoms with Gasteiger partial charge in [0.25, 0.3) is 5.91 Å². The van der Waals surface area contributed by atoms with E-state index in [1.807, 2.05) is 0 Å². The summed E-state index contributed by atoms with van der Waals surface area (Å²) in [4.78, 5) is 11.5. The first-order chi connectivity index (χ1) is 10.6. The number of hydrogen-bond acceptors (Lipinski definition) is 4. The first-order valence-electron chi connectivity index (χ1n) is 6.90. The Kier molecular flexibility index (Phi) is 4.54. The lowest BCUT2D eigenvalue weighted by atomic mass is 9.96. The lowest BCUT2D eigenvalue weighted by molar-refractivity contribution is -0.207. The van der Waals surface area contributed by atoms with Gasteiger partial charge in [-0.2, -0.15) is 17.6 Å². The summed E-state index contributed by atoms with van der Waals surface area (Å²) < 4.78 is 58.8. The summed E-state index contributed by atoms with van der Waals surface area (Å²) in [6.45, 7) is 0.0755. The molecule has 1 aromatic rings. The van der Waals surface area contributed by atoms with Crippen LogP contribution in [0.1, 0.15) is 24.9 Å². The molecule has 1 heterocycles. The highest BCUT2D eigenvalue weighted by Gasteiger charge is 2.55. The minimum atomic E-state index is -4.34. The van der Waals surface area contributed by atoms with Crippen molar-refractivity contribution in [2.24, 2.45) is 11.5 Å². The molecule has 0 radical (unpaired) electrons. The van der Waals surface area contributed by atoms with E-state index in [0.29, 0.717) is 5.75 Å². The van der Waals surface area contributed by atoms with Gasteiger partial charge >= 0.3 is 11.8 Å². The molecule has 9 heteroatoms. The maximum atomic E-state index is 13.6. The third kappa shape index (κ3) is 3.40. The van der Waals surface area contributed by atoms with Gasteiger partial charge in [-0.05, 0) is 24.6 Å². The van der Waals surface area contributed by atoms with Crippen LogP contribution in [0, 0.1) is 0 Å². The zero-order chi connectivity index (χ0) is 17.4. The van der Waals surface area contributed by atoms with Crippen LogP contribution in [0.15, 0.2) is 18.2 Å². The average molecular weight is 335 g/mol. The van der Waals surface area contributed by atoms with Crippen LogP contribution < -0.4 is 21.5 Å². The quantitative estimate of drug-likeness (QED) is 0.718. The fraction of sp³-hybridized carbons (Fsp3) is 0.500. The number of carbonyl (C=O) groups is 1. The summed E-state index contributed by atoms with van der Waals surface area (Å²) >= 11 is 0. The van der Waals surface area contributed by atoms with Gasteiger partial charge in [0.05, 0.1) is 12.2 Å². The smallest absolute Gasteiger partial charge is 0.322 e. The van der Waals surface area contributed by atoms with Crippen molar-refractivity contribution >= 4 is 11.6 Å². The Morgan fingerprint density at radius 1 is 1.30 bits per heavy atom. The molecule has 1 amide bonds. The third-order valence-corrected chi connectivity index (χ3v) is 3.63. The summed E-state index contributed by atoms with van der Waals surface area (Å²) in [7, 11) is 0. The number of nitrogens with two attached hydrogens (primary N) is 2. The fourth-order valence-electron chi connectivity index (χ4n) is 2.15. The van der Waals surface area contributed by atoms with Gasteiger partial charge in [0.15, 0.2) is 6.10 Å². The van der Waals surface area contributed by atoms with Gasteiger partial charge in [-0.15, -0.1) is 0 Å². The Balaban J connectivity index is 2.20. The second-order valence-corrected chi connectivity index (χ2v) is 5.43. The zero-order valence-corrected chi connectivity index (χ0v) is 12.3. The molecule has 1 aliphatic heterocycles. The van der Waals surface area contributed by atoms with Crippen molar-refractivity contribution in [2.45, 2.75) is 37.3 Å². The number of alkyl halides is 4. The summed E-state index contributed by atoms with van der Waals surface area (Å²) in [6, 6.07) is 2.81. The first-order valence-corrected chi connectivity index (χ1v) is 6.90. The number of carbonyl (C=O) groups excluding carboxylic acids is 1. The van der Waals surface area contributed by atoms with Crippen molar-refractivity contribution in [3.8, 4) is 5.75 Å². The van der Waals surface area contributed by atoms with Crippen LogP contribution in [0.5, 0.6) is 5.75 Å². The van der Waals surface area contributed by atoms with Crippen molar-refractivity contribution in [2.75, 3.05) is 11.9 Å². The molecule has 2 rings (SSSR count). The van der Waals surface area contributed by atoms with E-state index >= 15 is 0 Å². The highest BCUT2D eigenvalue weighted by Crippen LogP contribution is 2.40. The lowest BCUT2D eigenvalue weighted by Crippen LogP contribution is -2.47. The maximum absolute atomic E-state index is 13.6. The van der Waals surface area contributed by atoms with E-state index in [-0.39, 0.29) is 11.3 Å². The van der Waals surface area contributed by atoms with E-state index in [1.165, 1.54) is 18.2 Å². The average Bonchev–Trinajstić information content (AvgIpc) is 2.47. The van der Waals surface area contributed by atoms with Crippen molar-refractivity contribution in [3.05, 3.63) is 23.8 Å². The standard InChI is InChI=1S/C14H17F4N3O2/c1-7-12(22)21-10-4-8(2-3-11(10)23-7)9(20)5-13(15,16)14(17,18)6-19/h2-4,7,9H,5-6,19-20H2,1H3,(H,21,22)/t7-,9?/m1/s1. The van der Waals surface area contributed by atoms with Gasteiger partial charge in [0, 0.05) is 12.5 Å². The van der Waals surface area contributed by atoms with Crippen molar-refractivity contribution in [1.82, 2.24) is 0 Å². The largest absolute Gasteiger partial charge is 0.479 e. The molecule has 128 valence electrons. The molecule has 23 heavy (non-hydrogen) atoms. The molecule has 5 N–H and O–H groups in total. The molecule has 0 fully saturated rings. The van der Waals surface area contributed by atoms with Gasteiger partial charge < -0.3 is 21.5 Å². The van der Waals surface area contributed by atoms with E-state index in [0.717, 1.165) is 0 Å². The Morgan fingerprint density at radius 3 is 2.57 bits per heavy atom. The van der Waals surface area contributed by atoms with E-state index in [4.69, 9.17) is 16.2 Å². The number of rotatable bonds is 5. The van der Waals surface area contributed by atoms with Crippen molar-refractivity contribution in [1.29, 1.82) is 0 Å². The monoisotopic (exact) mass is 335 g/mol. The molecular weight excluding hydrogens is 318 g/mol. The van der Waals surface area contributed by atoms with Crippen LogP contribution in [0.4, 0.5) is 23.2 Å². The topological polar surface area (TPSA) is 90.4 Å². The predicted molar refractivity (Wildman–Crippen MR) is 75.7 cm³/mol. The number of nitrogens with one attached hydrogen (secondary N) is 1.